The van der Waals surface area contributed by atoms with Crippen molar-refractivity contribution in [2.75, 3.05) is 6.61 Å². The fourth-order valence-electron chi connectivity index (χ4n) is 2.58. The maximum atomic E-state index is 14.3. The number of benzene rings is 1. The molecule has 0 aliphatic heterocycles. The first-order chi connectivity index (χ1) is 15.0. The largest absolute Gasteiger partial charge is 0.493 e. The van der Waals surface area contributed by atoms with E-state index in [4.69, 9.17) is 4.74 Å². The Morgan fingerprint density at radius 1 is 0.676 bits per heavy atom. The van der Waals surface area contributed by atoms with Crippen molar-refractivity contribution in [1.29, 1.82) is 0 Å². The van der Waals surface area contributed by atoms with Crippen LogP contribution in [0.4, 0.5) is 57.1 Å². The fraction of sp³-hybridized carbons (Fsp3) is 0.684. The van der Waals surface area contributed by atoms with Gasteiger partial charge in [-0.3, -0.25) is 0 Å². The molecule has 0 saturated carbocycles. The first-order valence-corrected chi connectivity index (χ1v) is 9.33. The van der Waals surface area contributed by atoms with Crippen LogP contribution in [0.15, 0.2) is 24.3 Å². The molecule has 0 amide bonds. The molecule has 15 heteroatoms. The molecule has 198 valence electrons. The highest BCUT2D eigenvalue weighted by atomic mass is 19.4. The average Bonchev–Trinajstić information content (AvgIpc) is 2.69. The number of rotatable bonds is 10. The standard InChI is InChI=1S/C19H19F13O2/c1-9(2)8-34-12-6-4-11(5-7-12)13(33)10(3)14(20,21)15(22,23)16(24,25)17(26,27)18(28,29)19(30,31)32/h4-7,9-10,13,33H,8H2,1-3H3. The number of halogens is 13. The molecule has 0 aromatic heterocycles. The lowest BCUT2D eigenvalue weighted by molar-refractivity contribution is -0.444. The molecule has 0 aliphatic rings. The van der Waals surface area contributed by atoms with Gasteiger partial charge in [0.2, 0.25) is 0 Å². The molecular weight excluding hydrogens is 507 g/mol. The van der Waals surface area contributed by atoms with Gasteiger partial charge in [0.15, 0.2) is 0 Å². The normalized spacial score (nSPS) is 16.5. The third kappa shape index (κ3) is 4.89. The summed E-state index contributed by atoms with van der Waals surface area (Å²) in [5.74, 6) is -40.7. The molecule has 0 heterocycles. The summed E-state index contributed by atoms with van der Waals surface area (Å²) >= 11 is 0. The van der Waals surface area contributed by atoms with Crippen molar-refractivity contribution >= 4 is 0 Å². The zero-order valence-electron chi connectivity index (χ0n) is 17.5. The van der Waals surface area contributed by atoms with Crippen LogP contribution < -0.4 is 4.74 Å². The third-order valence-corrected chi connectivity index (χ3v) is 4.81. The van der Waals surface area contributed by atoms with Crippen LogP contribution in [0.2, 0.25) is 0 Å². The maximum absolute atomic E-state index is 14.3. The van der Waals surface area contributed by atoms with E-state index < -0.39 is 53.4 Å². The van der Waals surface area contributed by atoms with Crippen molar-refractivity contribution in [1.82, 2.24) is 0 Å². The van der Waals surface area contributed by atoms with Gasteiger partial charge in [-0.2, -0.15) is 57.1 Å². The van der Waals surface area contributed by atoms with E-state index in [0.717, 1.165) is 24.3 Å². The van der Waals surface area contributed by atoms with Crippen molar-refractivity contribution in [3.8, 4) is 5.75 Å². The number of ether oxygens (including phenoxy) is 1. The molecule has 0 aliphatic carbocycles. The summed E-state index contributed by atoms with van der Waals surface area (Å²) in [6, 6.07) is 3.82. The van der Waals surface area contributed by atoms with Crippen LogP contribution in [0, 0.1) is 11.8 Å². The van der Waals surface area contributed by atoms with Crippen LogP contribution in [0.25, 0.3) is 0 Å². The number of aliphatic hydroxyl groups is 1. The van der Waals surface area contributed by atoms with Crippen LogP contribution >= 0.6 is 0 Å². The molecule has 1 aromatic rings. The molecular formula is C19H19F13O2. The summed E-state index contributed by atoms with van der Waals surface area (Å²) in [5.41, 5.74) is -0.615. The highest BCUT2D eigenvalue weighted by Gasteiger charge is 2.91. The Morgan fingerprint density at radius 2 is 1.09 bits per heavy atom. The van der Waals surface area contributed by atoms with Gasteiger partial charge in [-0.1, -0.05) is 32.9 Å². The summed E-state index contributed by atoms with van der Waals surface area (Å²) < 4.78 is 178. The molecule has 0 saturated heterocycles. The molecule has 1 rings (SSSR count). The molecule has 0 radical (unpaired) electrons. The minimum Gasteiger partial charge on any atom is -0.493 e. The van der Waals surface area contributed by atoms with E-state index in [1.807, 2.05) is 0 Å². The third-order valence-electron chi connectivity index (χ3n) is 4.81. The summed E-state index contributed by atoms with van der Waals surface area (Å²) in [6.07, 6.45) is -10.2. The van der Waals surface area contributed by atoms with Crippen LogP contribution in [-0.2, 0) is 0 Å². The summed E-state index contributed by atoms with van der Waals surface area (Å²) in [5, 5.41) is 9.94. The van der Waals surface area contributed by atoms with Gasteiger partial charge < -0.3 is 9.84 Å². The first-order valence-electron chi connectivity index (χ1n) is 9.33. The number of hydrogen-bond acceptors (Lipinski definition) is 2. The Balaban J connectivity index is 3.32. The Labute approximate surface area is 184 Å². The van der Waals surface area contributed by atoms with E-state index in [1.54, 1.807) is 13.8 Å². The van der Waals surface area contributed by atoms with E-state index in [0.29, 0.717) is 0 Å². The van der Waals surface area contributed by atoms with E-state index in [2.05, 4.69) is 0 Å². The van der Waals surface area contributed by atoms with Crippen LogP contribution in [0.5, 0.6) is 5.75 Å². The number of alkyl halides is 13. The summed E-state index contributed by atoms with van der Waals surface area (Å²) in [6.45, 7) is 3.73. The van der Waals surface area contributed by atoms with Gasteiger partial charge in [0.05, 0.1) is 18.6 Å². The average molecular weight is 526 g/mol. The quantitative estimate of drug-likeness (QED) is 0.329. The number of aliphatic hydroxyl groups excluding tert-OH is 1. The maximum Gasteiger partial charge on any atom is 0.460 e. The summed E-state index contributed by atoms with van der Waals surface area (Å²) in [7, 11) is 0. The van der Waals surface area contributed by atoms with Gasteiger partial charge in [-0.25, -0.2) is 0 Å². The van der Waals surface area contributed by atoms with E-state index in [-0.39, 0.29) is 25.2 Å². The SMILES string of the molecule is CC(C)COc1ccc(C(O)C(C)C(F)(F)C(F)(F)C(F)(F)C(F)(F)C(F)(F)C(F)(F)F)cc1. The van der Waals surface area contributed by atoms with Crippen molar-refractivity contribution in [2.24, 2.45) is 11.8 Å². The van der Waals surface area contributed by atoms with Gasteiger partial charge in [0.1, 0.15) is 5.75 Å². The van der Waals surface area contributed by atoms with Crippen molar-refractivity contribution in [3.05, 3.63) is 29.8 Å². The second-order valence-corrected chi connectivity index (χ2v) is 7.93. The molecule has 34 heavy (non-hydrogen) atoms. The fourth-order valence-corrected chi connectivity index (χ4v) is 2.58. The zero-order valence-corrected chi connectivity index (χ0v) is 17.5. The van der Waals surface area contributed by atoms with E-state index in [1.165, 1.54) is 0 Å². The predicted molar refractivity (Wildman–Crippen MR) is 91.7 cm³/mol. The Bertz CT molecular complexity index is 816. The second kappa shape index (κ2) is 9.26. The summed E-state index contributed by atoms with van der Waals surface area (Å²) in [4.78, 5) is 0. The topological polar surface area (TPSA) is 29.5 Å². The second-order valence-electron chi connectivity index (χ2n) is 7.93. The smallest absolute Gasteiger partial charge is 0.460 e. The molecule has 2 nitrogen and oxygen atoms in total. The zero-order chi connectivity index (χ0) is 27.1. The molecule has 1 N–H and O–H groups in total. The first kappa shape index (κ1) is 30.1. The molecule has 1 aromatic carbocycles. The van der Waals surface area contributed by atoms with Gasteiger partial charge in [-0.15, -0.1) is 0 Å². The molecule has 0 spiro atoms. The lowest BCUT2D eigenvalue weighted by atomic mass is 9.83. The van der Waals surface area contributed by atoms with E-state index >= 15 is 0 Å². The highest BCUT2D eigenvalue weighted by Crippen LogP contribution is 2.61. The van der Waals surface area contributed by atoms with Crippen molar-refractivity contribution in [2.45, 2.75) is 62.7 Å². The highest BCUT2D eigenvalue weighted by molar-refractivity contribution is 5.29. The van der Waals surface area contributed by atoms with Crippen molar-refractivity contribution in [3.63, 3.8) is 0 Å². The Morgan fingerprint density at radius 3 is 1.47 bits per heavy atom. The minimum absolute atomic E-state index is 0.00211. The van der Waals surface area contributed by atoms with Crippen LogP contribution in [0.1, 0.15) is 32.4 Å². The lowest BCUT2D eigenvalue weighted by Gasteiger charge is -2.42. The Kier molecular flexibility index (Phi) is 8.20. The molecule has 0 fully saturated rings. The van der Waals surface area contributed by atoms with Crippen LogP contribution in [-0.4, -0.2) is 47.5 Å². The van der Waals surface area contributed by atoms with Gasteiger partial charge >= 0.3 is 35.8 Å². The molecule has 2 atom stereocenters. The van der Waals surface area contributed by atoms with Gasteiger partial charge in [0.25, 0.3) is 0 Å². The minimum atomic E-state index is -7.98. The molecule has 2 unspecified atom stereocenters. The lowest BCUT2D eigenvalue weighted by Crippen LogP contribution is -2.71. The van der Waals surface area contributed by atoms with E-state index in [9.17, 15) is 62.2 Å². The monoisotopic (exact) mass is 526 g/mol. The van der Waals surface area contributed by atoms with Gasteiger partial charge in [-0.05, 0) is 23.6 Å². The molecule has 0 bridgehead atoms. The van der Waals surface area contributed by atoms with Crippen LogP contribution in [0.3, 0.4) is 0 Å². The number of hydrogen-bond donors (Lipinski definition) is 1. The predicted octanol–water partition coefficient (Wildman–Crippen LogP) is 7.13. The Hall–Kier alpha value is -1.93. The van der Waals surface area contributed by atoms with Gasteiger partial charge in [0, 0.05) is 0 Å². The van der Waals surface area contributed by atoms with Crippen molar-refractivity contribution < 1.29 is 66.9 Å².